The zero-order chi connectivity index (χ0) is 23.4. The van der Waals surface area contributed by atoms with Crippen molar-refractivity contribution in [2.75, 3.05) is 0 Å². The molecule has 3 aromatic rings. The zero-order valence-electron chi connectivity index (χ0n) is 18.5. The fourth-order valence-corrected chi connectivity index (χ4v) is 4.43. The number of aliphatic imine (C=N–C) groups is 1. The molecule has 166 valence electrons. The monoisotopic (exact) mass is 439 g/mol. The van der Waals surface area contributed by atoms with Crippen LogP contribution in [0.2, 0.25) is 0 Å². The number of carbonyl (C=O) groups excluding carboxylic acids is 1. The summed E-state index contributed by atoms with van der Waals surface area (Å²) in [4.78, 5) is 30.5. The van der Waals surface area contributed by atoms with Gasteiger partial charge in [-0.2, -0.15) is 5.26 Å². The van der Waals surface area contributed by atoms with Gasteiger partial charge in [0.25, 0.3) is 5.56 Å². The van der Waals surface area contributed by atoms with Crippen LogP contribution in [0.15, 0.2) is 64.4 Å². The van der Waals surface area contributed by atoms with E-state index < -0.39 is 5.56 Å². The quantitative estimate of drug-likeness (QED) is 0.435. The third-order valence-corrected chi connectivity index (χ3v) is 6.25. The molecule has 33 heavy (non-hydrogen) atoms. The van der Waals surface area contributed by atoms with Gasteiger partial charge in [0, 0.05) is 23.4 Å². The number of pyridine rings is 1. The number of nitriles is 1. The van der Waals surface area contributed by atoms with Crippen LogP contribution in [0, 0.1) is 18.3 Å². The van der Waals surface area contributed by atoms with Crippen molar-refractivity contribution < 1.29 is 9.90 Å². The molecule has 0 amide bonds. The Morgan fingerprint density at radius 1 is 1.09 bits per heavy atom. The minimum atomic E-state index is -0.462. The number of hydrogen-bond donors (Lipinski definition) is 1. The van der Waals surface area contributed by atoms with Gasteiger partial charge in [-0.05, 0) is 37.5 Å². The van der Waals surface area contributed by atoms with Crippen LogP contribution >= 0.6 is 0 Å². The fraction of sp³-hybridized carbons (Fsp3) is 0.259. The lowest BCUT2D eigenvalue weighted by atomic mass is 9.94. The Morgan fingerprint density at radius 2 is 1.76 bits per heavy atom. The van der Waals surface area contributed by atoms with Crippen LogP contribution < -0.4 is 5.56 Å². The van der Waals surface area contributed by atoms with E-state index >= 15 is 0 Å². The third kappa shape index (κ3) is 4.35. The van der Waals surface area contributed by atoms with Crippen LogP contribution in [0.25, 0.3) is 0 Å². The molecule has 2 aromatic carbocycles. The average Bonchev–Trinajstić information content (AvgIpc) is 2.85. The van der Waals surface area contributed by atoms with E-state index in [4.69, 9.17) is 0 Å². The normalized spacial score (nSPS) is 14.3. The highest BCUT2D eigenvalue weighted by Crippen LogP contribution is 2.32. The summed E-state index contributed by atoms with van der Waals surface area (Å²) >= 11 is 0. The lowest BCUT2D eigenvalue weighted by Gasteiger charge is -2.26. The van der Waals surface area contributed by atoms with Crippen molar-refractivity contribution in [3.63, 3.8) is 0 Å². The molecule has 6 nitrogen and oxygen atoms in total. The van der Waals surface area contributed by atoms with Crippen molar-refractivity contribution in [1.82, 2.24) is 4.57 Å². The lowest BCUT2D eigenvalue weighted by Crippen LogP contribution is -2.30. The number of nitrogens with zero attached hydrogens (tertiary/aromatic N) is 3. The summed E-state index contributed by atoms with van der Waals surface area (Å²) < 4.78 is 1.35. The summed E-state index contributed by atoms with van der Waals surface area (Å²) in [6.07, 6.45) is 6.07. The maximum absolute atomic E-state index is 13.0. The van der Waals surface area contributed by atoms with Crippen LogP contribution in [0.4, 0.5) is 5.69 Å². The van der Waals surface area contributed by atoms with Crippen LogP contribution in [-0.2, 0) is 0 Å². The lowest BCUT2D eigenvalue weighted by molar-refractivity contribution is 0.103. The molecule has 0 aliphatic heterocycles. The number of para-hydroxylation sites is 1. The molecule has 1 N–H and O–H groups in total. The average molecular weight is 440 g/mol. The van der Waals surface area contributed by atoms with Gasteiger partial charge in [0.05, 0.1) is 11.3 Å². The van der Waals surface area contributed by atoms with Crippen LogP contribution in [-0.4, -0.2) is 21.7 Å². The molecule has 1 aliphatic rings. The SMILES string of the molecule is Cc1c(C=Nc2ccccc2C(=O)c2ccccc2)c(O)n(C2CCCCC2)c(=O)c1C#N. The Kier molecular flexibility index (Phi) is 6.50. The molecule has 1 heterocycles. The van der Waals surface area contributed by atoms with E-state index in [9.17, 15) is 20.0 Å². The number of hydrogen-bond acceptors (Lipinski definition) is 5. The van der Waals surface area contributed by atoms with E-state index in [1.807, 2.05) is 12.1 Å². The summed E-state index contributed by atoms with van der Waals surface area (Å²) in [7, 11) is 0. The van der Waals surface area contributed by atoms with Gasteiger partial charge in [0.1, 0.15) is 11.6 Å². The van der Waals surface area contributed by atoms with Crippen molar-refractivity contribution in [2.45, 2.75) is 45.1 Å². The van der Waals surface area contributed by atoms with E-state index in [2.05, 4.69) is 4.99 Å². The van der Waals surface area contributed by atoms with Gasteiger partial charge in [0.2, 0.25) is 5.88 Å². The predicted molar refractivity (Wildman–Crippen MR) is 128 cm³/mol. The molecular weight excluding hydrogens is 414 g/mol. The standard InChI is InChI=1S/C27H25N3O3/c1-18-22(16-28)26(32)30(20-12-6-3-7-13-20)27(33)23(18)17-29-24-15-9-8-14-21(24)25(31)19-10-4-2-5-11-19/h2,4-5,8-11,14-15,17,20,33H,3,6-7,12-13H2,1H3. The van der Waals surface area contributed by atoms with Crippen LogP contribution in [0.3, 0.4) is 0 Å². The Balaban J connectivity index is 1.79. The Hall–Kier alpha value is -3.98. The second-order valence-electron chi connectivity index (χ2n) is 8.29. The number of benzene rings is 2. The summed E-state index contributed by atoms with van der Waals surface area (Å²) in [5.41, 5.74) is 1.67. The molecule has 1 aliphatic carbocycles. The smallest absolute Gasteiger partial charge is 0.271 e. The molecular formula is C27H25N3O3. The first-order valence-electron chi connectivity index (χ1n) is 11.1. The molecule has 4 rings (SSSR count). The second-order valence-corrected chi connectivity index (χ2v) is 8.29. The van der Waals surface area contributed by atoms with Gasteiger partial charge in [-0.15, -0.1) is 0 Å². The second kappa shape index (κ2) is 9.66. The van der Waals surface area contributed by atoms with E-state index in [0.717, 1.165) is 32.1 Å². The van der Waals surface area contributed by atoms with Crippen LogP contribution in [0.1, 0.15) is 70.8 Å². The zero-order valence-corrected chi connectivity index (χ0v) is 18.5. The summed E-state index contributed by atoms with van der Waals surface area (Å²) in [5, 5.41) is 20.7. The maximum atomic E-state index is 13.0. The summed E-state index contributed by atoms with van der Waals surface area (Å²) in [6, 6.07) is 17.8. The first-order valence-corrected chi connectivity index (χ1v) is 11.1. The van der Waals surface area contributed by atoms with E-state index in [-0.39, 0.29) is 23.3 Å². The molecule has 0 unspecified atom stereocenters. The highest BCUT2D eigenvalue weighted by atomic mass is 16.3. The largest absolute Gasteiger partial charge is 0.494 e. The van der Waals surface area contributed by atoms with Gasteiger partial charge < -0.3 is 5.11 Å². The number of rotatable bonds is 5. The minimum Gasteiger partial charge on any atom is -0.494 e. The highest BCUT2D eigenvalue weighted by molar-refractivity contribution is 6.12. The molecule has 1 saturated carbocycles. The van der Waals surface area contributed by atoms with Crippen molar-refractivity contribution >= 4 is 17.7 Å². The molecule has 1 fully saturated rings. The first kappa shape index (κ1) is 22.2. The van der Waals surface area contributed by atoms with Crippen molar-refractivity contribution in [2.24, 2.45) is 4.99 Å². The molecule has 6 heteroatoms. The van der Waals surface area contributed by atoms with Gasteiger partial charge in [-0.3, -0.25) is 19.1 Å². The third-order valence-electron chi connectivity index (χ3n) is 6.25. The molecule has 1 aromatic heterocycles. The molecule has 0 spiro atoms. The van der Waals surface area contributed by atoms with E-state index in [0.29, 0.717) is 27.9 Å². The van der Waals surface area contributed by atoms with Gasteiger partial charge in [-0.25, -0.2) is 0 Å². The molecule has 0 bridgehead atoms. The maximum Gasteiger partial charge on any atom is 0.271 e. The number of carbonyl (C=O) groups is 1. The van der Waals surface area contributed by atoms with Gasteiger partial charge >= 0.3 is 0 Å². The fourth-order valence-electron chi connectivity index (χ4n) is 4.43. The van der Waals surface area contributed by atoms with Crippen molar-refractivity contribution in [3.05, 3.63) is 92.8 Å². The summed E-state index contributed by atoms with van der Waals surface area (Å²) in [5.74, 6) is -0.340. The van der Waals surface area contributed by atoms with Crippen LogP contribution in [0.5, 0.6) is 5.88 Å². The van der Waals surface area contributed by atoms with E-state index in [1.165, 1.54) is 10.8 Å². The number of aromatic nitrogens is 1. The predicted octanol–water partition coefficient (Wildman–Crippen LogP) is 5.22. The van der Waals surface area contributed by atoms with Gasteiger partial charge in [-0.1, -0.05) is 61.7 Å². The molecule has 0 radical (unpaired) electrons. The number of aromatic hydroxyl groups is 1. The minimum absolute atomic E-state index is 0.00784. The summed E-state index contributed by atoms with van der Waals surface area (Å²) in [6.45, 7) is 1.63. The molecule has 0 saturated heterocycles. The van der Waals surface area contributed by atoms with E-state index in [1.54, 1.807) is 55.5 Å². The molecule has 0 atom stereocenters. The van der Waals surface area contributed by atoms with Crippen molar-refractivity contribution in [1.29, 1.82) is 5.26 Å². The first-order chi connectivity index (χ1) is 16.0. The Morgan fingerprint density at radius 3 is 2.45 bits per heavy atom. The number of ketones is 1. The topological polar surface area (TPSA) is 95.4 Å². The Bertz CT molecular complexity index is 1310. The highest BCUT2D eigenvalue weighted by Gasteiger charge is 2.25. The van der Waals surface area contributed by atoms with Gasteiger partial charge in [0.15, 0.2) is 5.78 Å². The Labute approximate surface area is 192 Å². The van der Waals surface area contributed by atoms with Crippen molar-refractivity contribution in [3.8, 4) is 11.9 Å².